The van der Waals surface area contributed by atoms with E-state index in [4.69, 9.17) is 32.7 Å². The topological polar surface area (TPSA) is 105 Å². The lowest BCUT2D eigenvalue weighted by molar-refractivity contribution is -0.139. The molecule has 1 N–H and O–H groups in total. The van der Waals surface area contributed by atoms with E-state index in [1.165, 1.54) is 38.3 Å². The average Bonchev–Trinajstić information content (AvgIpc) is 2.94. The molecule has 12 heteroatoms. The highest BCUT2D eigenvalue weighted by Crippen LogP contribution is 2.34. The molecular weight excluding hydrogens is 577 g/mol. The molecule has 214 valence electrons. The minimum atomic E-state index is -3.99. The first-order valence-corrected chi connectivity index (χ1v) is 14.8. The van der Waals surface area contributed by atoms with Gasteiger partial charge in [-0.05, 0) is 29.8 Å². The maximum absolute atomic E-state index is 14.1. The molecule has 0 fully saturated rings. The van der Waals surface area contributed by atoms with Crippen LogP contribution in [0.15, 0.2) is 66.7 Å². The zero-order valence-electron chi connectivity index (χ0n) is 22.6. The van der Waals surface area contributed by atoms with Crippen LogP contribution in [0.2, 0.25) is 10.0 Å². The van der Waals surface area contributed by atoms with Gasteiger partial charge in [-0.2, -0.15) is 0 Å². The Kier molecular flexibility index (Phi) is 10.7. The molecule has 0 aliphatic heterocycles. The van der Waals surface area contributed by atoms with Gasteiger partial charge in [0.1, 0.15) is 24.1 Å². The molecule has 0 aliphatic carbocycles. The van der Waals surface area contributed by atoms with Crippen molar-refractivity contribution in [1.82, 2.24) is 10.2 Å². The zero-order chi connectivity index (χ0) is 29.4. The number of carbonyl (C=O) groups is 2. The van der Waals surface area contributed by atoms with Gasteiger partial charge in [-0.25, -0.2) is 8.42 Å². The summed E-state index contributed by atoms with van der Waals surface area (Å²) < 4.78 is 37.5. The molecule has 40 heavy (non-hydrogen) atoms. The molecule has 0 saturated carbocycles. The second kappa shape index (κ2) is 13.7. The maximum atomic E-state index is 14.1. The number of hydrogen-bond acceptors (Lipinski definition) is 6. The molecule has 9 nitrogen and oxygen atoms in total. The van der Waals surface area contributed by atoms with E-state index >= 15 is 0 Å². The molecule has 3 rings (SSSR count). The molecule has 0 spiro atoms. The lowest BCUT2D eigenvalue weighted by atomic mass is 10.0. The third-order valence-electron chi connectivity index (χ3n) is 6.24. The summed E-state index contributed by atoms with van der Waals surface area (Å²) in [5.74, 6) is -0.458. The fourth-order valence-corrected chi connectivity index (χ4v) is 5.53. The second-order valence-electron chi connectivity index (χ2n) is 8.85. The van der Waals surface area contributed by atoms with Crippen LogP contribution in [0.1, 0.15) is 11.1 Å². The van der Waals surface area contributed by atoms with Crippen molar-refractivity contribution >= 4 is 50.7 Å². The molecule has 0 bridgehead atoms. The summed E-state index contributed by atoms with van der Waals surface area (Å²) in [6, 6.07) is 17.7. The van der Waals surface area contributed by atoms with Gasteiger partial charge in [-0.3, -0.25) is 13.9 Å². The molecule has 3 aromatic carbocycles. The normalized spacial score (nSPS) is 11.8. The number of hydrogen-bond donors (Lipinski definition) is 1. The van der Waals surface area contributed by atoms with Gasteiger partial charge in [-0.15, -0.1) is 0 Å². The molecule has 2 amide bonds. The van der Waals surface area contributed by atoms with Gasteiger partial charge < -0.3 is 19.7 Å². The van der Waals surface area contributed by atoms with Gasteiger partial charge in [0.15, 0.2) is 0 Å². The SMILES string of the molecule is CNC(=O)C(Cc1ccccc1)N(Cc1c(Cl)cccc1Cl)C(=O)CN(c1ccc(OC)cc1OC)S(C)(=O)=O. The highest BCUT2D eigenvalue weighted by atomic mass is 35.5. The van der Waals surface area contributed by atoms with Gasteiger partial charge in [0, 0.05) is 41.7 Å². The average molecular weight is 609 g/mol. The molecule has 0 heterocycles. The van der Waals surface area contributed by atoms with Crippen LogP contribution in [-0.4, -0.2) is 65.2 Å². The van der Waals surface area contributed by atoms with E-state index in [0.717, 1.165) is 16.1 Å². The minimum absolute atomic E-state index is 0.134. The lowest BCUT2D eigenvalue weighted by Crippen LogP contribution is -2.53. The van der Waals surface area contributed by atoms with E-state index in [-0.39, 0.29) is 24.4 Å². The number of carbonyl (C=O) groups excluding carboxylic acids is 2. The standard InChI is InChI=1S/C28H31Cl2N3O6S/c1-31-28(35)25(15-19-9-6-5-7-10-19)32(17-21-22(29)11-8-12-23(21)30)27(34)18-33(40(4,36)37)24-14-13-20(38-2)16-26(24)39-3/h5-14,16,25H,15,17-18H2,1-4H3,(H,31,35). The monoisotopic (exact) mass is 607 g/mol. The Morgan fingerprint density at radius 1 is 0.950 bits per heavy atom. The molecule has 0 radical (unpaired) electrons. The van der Waals surface area contributed by atoms with E-state index in [2.05, 4.69) is 5.32 Å². The van der Waals surface area contributed by atoms with Crippen molar-refractivity contribution in [3.63, 3.8) is 0 Å². The van der Waals surface area contributed by atoms with Crippen LogP contribution in [0.3, 0.4) is 0 Å². The van der Waals surface area contributed by atoms with E-state index in [0.29, 0.717) is 21.4 Å². The summed E-state index contributed by atoms with van der Waals surface area (Å²) >= 11 is 12.9. The predicted molar refractivity (Wildman–Crippen MR) is 157 cm³/mol. The van der Waals surface area contributed by atoms with Crippen molar-refractivity contribution in [3.05, 3.63) is 87.9 Å². The van der Waals surface area contributed by atoms with Crippen molar-refractivity contribution in [2.45, 2.75) is 19.0 Å². The number of halogens is 2. The van der Waals surface area contributed by atoms with E-state index < -0.39 is 34.4 Å². The summed E-state index contributed by atoms with van der Waals surface area (Å²) in [7, 11) is 0.333. The number of nitrogens with one attached hydrogen (secondary N) is 1. The first-order valence-electron chi connectivity index (χ1n) is 12.2. The van der Waals surface area contributed by atoms with Gasteiger partial charge in [0.25, 0.3) is 0 Å². The summed E-state index contributed by atoms with van der Waals surface area (Å²) in [6.45, 7) is -0.758. The van der Waals surface area contributed by atoms with E-state index in [9.17, 15) is 18.0 Å². The number of ether oxygens (including phenoxy) is 2. The van der Waals surface area contributed by atoms with Crippen LogP contribution in [-0.2, 0) is 32.6 Å². The van der Waals surface area contributed by atoms with Crippen molar-refractivity contribution in [1.29, 1.82) is 0 Å². The Labute approximate surface area is 244 Å². The number of likely N-dealkylation sites (N-methyl/N-ethyl adjacent to an activating group) is 1. The first-order chi connectivity index (χ1) is 19.0. The minimum Gasteiger partial charge on any atom is -0.497 e. The van der Waals surface area contributed by atoms with Crippen LogP contribution in [0.25, 0.3) is 0 Å². The highest BCUT2D eigenvalue weighted by Gasteiger charge is 2.34. The lowest BCUT2D eigenvalue weighted by Gasteiger charge is -2.33. The summed E-state index contributed by atoms with van der Waals surface area (Å²) in [6.07, 6.45) is 1.15. The number of nitrogens with zero attached hydrogens (tertiary/aromatic N) is 2. The van der Waals surface area contributed by atoms with Crippen molar-refractivity contribution in [2.24, 2.45) is 0 Å². The quantitative estimate of drug-likeness (QED) is 0.331. The smallest absolute Gasteiger partial charge is 0.244 e. The molecular formula is C28H31Cl2N3O6S. The number of anilines is 1. The first kappa shape index (κ1) is 31.1. The zero-order valence-corrected chi connectivity index (χ0v) is 24.9. The van der Waals surface area contributed by atoms with Crippen LogP contribution in [0.4, 0.5) is 5.69 Å². The van der Waals surface area contributed by atoms with Gasteiger partial charge in [0.2, 0.25) is 21.8 Å². The third kappa shape index (κ3) is 7.59. The fourth-order valence-electron chi connectivity index (χ4n) is 4.16. The van der Waals surface area contributed by atoms with Crippen molar-refractivity contribution in [3.8, 4) is 11.5 Å². The molecule has 0 saturated heterocycles. The number of sulfonamides is 1. The van der Waals surface area contributed by atoms with E-state index in [1.54, 1.807) is 24.3 Å². The van der Waals surface area contributed by atoms with Gasteiger partial charge in [-0.1, -0.05) is 59.6 Å². The number of rotatable bonds is 12. The van der Waals surface area contributed by atoms with Crippen molar-refractivity contribution in [2.75, 3.05) is 38.4 Å². The highest BCUT2D eigenvalue weighted by molar-refractivity contribution is 7.92. The van der Waals surface area contributed by atoms with E-state index in [1.807, 2.05) is 30.3 Å². The van der Waals surface area contributed by atoms with Crippen molar-refractivity contribution < 1.29 is 27.5 Å². The second-order valence-corrected chi connectivity index (χ2v) is 11.6. The van der Waals surface area contributed by atoms with Gasteiger partial charge in [0.05, 0.1) is 26.2 Å². The Morgan fingerprint density at radius 2 is 1.60 bits per heavy atom. The third-order valence-corrected chi connectivity index (χ3v) is 8.08. The number of benzene rings is 3. The number of amides is 2. The van der Waals surface area contributed by atoms with Crippen LogP contribution >= 0.6 is 23.2 Å². The maximum Gasteiger partial charge on any atom is 0.244 e. The summed E-state index contributed by atoms with van der Waals surface area (Å²) in [5, 5.41) is 3.22. The molecule has 3 aromatic rings. The molecule has 0 aromatic heterocycles. The predicted octanol–water partition coefficient (Wildman–Crippen LogP) is 4.16. The van der Waals surface area contributed by atoms with Crippen LogP contribution < -0.4 is 19.1 Å². The van der Waals surface area contributed by atoms with Gasteiger partial charge >= 0.3 is 0 Å². The number of methoxy groups -OCH3 is 2. The Hall–Kier alpha value is -3.47. The largest absolute Gasteiger partial charge is 0.497 e. The molecule has 0 aliphatic rings. The fraction of sp³-hybridized carbons (Fsp3) is 0.286. The molecule has 1 atom stereocenters. The summed E-state index contributed by atoms with van der Waals surface area (Å²) in [5.41, 5.74) is 1.36. The Morgan fingerprint density at radius 3 is 2.15 bits per heavy atom. The van der Waals surface area contributed by atoms with Crippen LogP contribution in [0, 0.1) is 0 Å². The Balaban J connectivity index is 2.11. The molecule has 1 unspecified atom stereocenters. The van der Waals surface area contributed by atoms with Crippen LogP contribution in [0.5, 0.6) is 11.5 Å². The summed E-state index contributed by atoms with van der Waals surface area (Å²) in [4.78, 5) is 28.6. The Bertz CT molecular complexity index is 1430.